The van der Waals surface area contributed by atoms with Crippen LogP contribution in [0.1, 0.15) is 5.56 Å². The average Bonchev–Trinajstić information content (AvgIpc) is 2.47. The van der Waals surface area contributed by atoms with Gasteiger partial charge in [0, 0.05) is 6.54 Å². The average molecular weight is 324 g/mol. The summed E-state index contributed by atoms with van der Waals surface area (Å²) in [5.74, 6) is 1.96. The Morgan fingerprint density at radius 1 is 1.16 bits per heavy atom. The van der Waals surface area contributed by atoms with Gasteiger partial charge in [0.25, 0.3) is 0 Å². The molecule has 2 aromatic rings. The van der Waals surface area contributed by atoms with Gasteiger partial charge in [0.2, 0.25) is 5.88 Å². The van der Waals surface area contributed by atoms with Crippen molar-refractivity contribution in [3.63, 3.8) is 0 Å². The second-order valence-electron chi connectivity index (χ2n) is 3.76. The number of hydrogen-bond acceptors (Lipinski definition) is 5. The first kappa shape index (κ1) is 13.6. The molecule has 0 unspecified atom stereocenters. The second kappa shape index (κ2) is 6.38. The van der Waals surface area contributed by atoms with E-state index in [1.807, 2.05) is 24.3 Å². The van der Waals surface area contributed by atoms with Crippen molar-refractivity contribution in [1.82, 2.24) is 9.97 Å². The summed E-state index contributed by atoms with van der Waals surface area (Å²) < 4.78 is 10.8. The van der Waals surface area contributed by atoms with Crippen LogP contribution >= 0.6 is 15.9 Å². The van der Waals surface area contributed by atoms with E-state index < -0.39 is 0 Å². The molecule has 0 aliphatic heterocycles. The zero-order valence-electron chi connectivity index (χ0n) is 10.7. The highest BCUT2D eigenvalue weighted by Gasteiger charge is 2.04. The first-order valence-electron chi connectivity index (χ1n) is 5.66. The van der Waals surface area contributed by atoms with E-state index in [1.165, 1.54) is 0 Å². The summed E-state index contributed by atoms with van der Waals surface area (Å²) in [6, 6.07) is 7.83. The quantitative estimate of drug-likeness (QED) is 0.916. The largest absolute Gasteiger partial charge is 0.497 e. The maximum absolute atomic E-state index is 5.11. The normalized spacial score (nSPS) is 10.1. The number of methoxy groups -OCH3 is 2. The SMILES string of the molecule is COc1ccc(CNc2cnc(Br)c(OC)n2)cc1. The molecule has 100 valence electrons. The lowest BCUT2D eigenvalue weighted by molar-refractivity contribution is 0.393. The third-order valence-corrected chi connectivity index (χ3v) is 3.07. The van der Waals surface area contributed by atoms with E-state index in [9.17, 15) is 0 Å². The van der Waals surface area contributed by atoms with Crippen LogP contribution in [0.5, 0.6) is 11.6 Å². The summed E-state index contributed by atoms with van der Waals surface area (Å²) in [7, 11) is 3.21. The zero-order valence-corrected chi connectivity index (χ0v) is 12.3. The first-order valence-corrected chi connectivity index (χ1v) is 6.45. The molecule has 19 heavy (non-hydrogen) atoms. The lowest BCUT2D eigenvalue weighted by Gasteiger charge is -2.08. The minimum Gasteiger partial charge on any atom is -0.497 e. The monoisotopic (exact) mass is 323 g/mol. The van der Waals surface area contributed by atoms with E-state index in [-0.39, 0.29) is 0 Å². The van der Waals surface area contributed by atoms with E-state index in [2.05, 4.69) is 31.2 Å². The molecular formula is C13H14BrN3O2. The number of benzene rings is 1. The third kappa shape index (κ3) is 3.57. The van der Waals surface area contributed by atoms with Crippen molar-refractivity contribution < 1.29 is 9.47 Å². The van der Waals surface area contributed by atoms with Gasteiger partial charge in [0.1, 0.15) is 11.6 Å². The van der Waals surface area contributed by atoms with Crippen LogP contribution in [-0.4, -0.2) is 24.2 Å². The third-order valence-electron chi connectivity index (χ3n) is 2.52. The number of halogens is 1. The van der Waals surface area contributed by atoms with Crippen LogP contribution in [0.2, 0.25) is 0 Å². The lowest BCUT2D eigenvalue weighted by atomic mass is 10.2. The topological polar surface area (TPSA) is 56.3 Å². The summed E-state index contributed by atoms with van der Waals surface area (Å²) in [5.41, 5.74) is 1.13. The van der Waals surface area contributed by atoms with Crippen LogP contribution in [0.25, 0.3) is 0 Å². The van der Waals surface area contributed by atoms with Crippen molar-refractivity contribution in [2.75, 3.05) is 19.5 Å². The van der Waals surface area contributed by atoms with Crippen molar-refractivity contribution in [2.24, 2.45) is 0 Å². The zero-order chi connectivity index (χ0) is 13.7. The van der Waals surface area contributed by atoms with Gasteiger partial charge in [-0.05, 0) is 33.6 Å². The highest BCUT2D eigenvalue weighted by atomic mass is 79.9. The number of nitrogens with one attached hydrogen (secondary N) is 1. The maximum atomic E-state index is 5.11. The summed E-state index contributed by atoms with van der Waals surface area (Å²) in [6.45, 7) is 0.656. The molecule has 0 aliphatic carbocycles. The Morgan fingerprint density at radius 3 is 2.53 bits per heavy atom. The molecule has 1 aromatic heterocycles. The van der Waals surface area contributed by atoms with Gasteiger partial charge < -0.3 is 14.8 Å². The van der Waals surface area contributed by atoms with Crippen molar-refractivity contribution in [3.8, 4) is 11.6 Å². The number of hydrogen-bond donors (Lipinski definition) is 1. The Morgan fingerprint density at radius 2 is 1.89 bits per heavy atom. The van der Waals surface area contributed by atoms with Gasteiger partial charge in [0.15, 0.2) is 4.60 Å². The molecule has 6 heteroatoms. The lowest BCUT2D eigenvalue weighted by Crippen LogP contribution is -2.03. The van der Waals surface area contributed by atoms with Crippen LogP contribution in [0.4, 0.5) is 5.82 Å². The maximum Gasteiger partial charge on any atom is 0.249 e. The van der Waals surface area contributed by atoms with Gasteiger partial charge >= 0.3 is 0 Å². The van der Waals surface area contributed by atoms with E-state index >= 15 is 0 Å². The Labute approximate surface area is 120 Å². The molecule has 0 atom stereocenters. The Bertz CT molecular complexity index is 546. The van der Waals surface area contributed by atoms with Gasteiger partial charge in [0.05, 0.1) is 20.4 Å². The molecule has 0 radical (unpaired) electrons. The Hall–Kier alpha value is -1.82. The predicted octanol–water partition coefficient (Wildman–Crippen LogP) is 2.87. The van der Waals surface area contributed by atoms with E-state index in [0.717, 1.165) is 11.3 Å². The molecule has 0 spiro atoms. The Kier molecular flexibility index (Phi) is 4.57. The highest BCUT2D eigenvalue weighted by Crippen LogP contribution is 2.21. The summed E-state index contributed by atoms with van der Waals surface area (Å²) >= 11 is 3.26. The molecule has 1 N–H and O–H groups in total. The van der Waals surface area contributed by atoms with Gasteiger partial charge in [-0.2, -0.15) is 4.98 Å². The van der Waals surface area contributed by atoms with Gasteiger partial charge in [-0.25, -0.2) is 4.98 Å². The van der Waals surface area contributed by atoms with Crippen LogP contribution in [0.15, 0.2) is 35.1 Å². The molecule has 0 aliphatic rings. The number of anilines is 1. The van der Waals surface area contributed by atoms with E-state index in [0.29, 0.717) is 22.8 Å². The predicted molar refractivity (Wildman–Crippen MR) is 76.6 cm³/mol. The minimum absolute atomic E-state index is 0.458. The fourth-order valence-corrected chi connectivity index (χ4v) is 1.86. The van der Waals surface area contributed by atoms with Crippen LogP contribution in [0, 0.1) is 0 Å². The minimum atomic E-state index is 0.458. The molecule has 0 saturated carbocycles. The summed E-state index contributed by atoms with van der Waals surface area (Å²) in [4.78, 5) is 8.41. The van der Waals surface area contributed by atoms with E-state index in [1.54, 1.807) is 20.4 Å². The number of nitrogens with zero attached hydrogens (tertiary/aromatic N) is 2. The van der Waals surface area contributed by atoms with Crippen molar-refractivity contribution in [3.05, 3.63) is 40.6 Å². The molecule has 0 amide bonds. The Balaban J connectivity index is 2.01. The summed E-state index contributed by atoms with van der Waals surface area (Å²) in [6.07, 6.45) is 1.65. The molecule has 2 rings (SSSR count). The first-order chi connectivity index (χ1) is 9.22. The van der Waals surface area contributed by atoms with Crippen LogP contribution < -0.4 is 14.8 Å². The highest BCUT2D eigenvalue weighted by molar-refractivity contribution is 9.10. The molecule has 1 heterocycles. The number of ether oxygens (including phenoxy) is 2. The van der Waals surface area contributed by atoms with Crippen LogP contribution in [-0.2, 0) is 6.54 Å². The van der Waals surface area contributed by atoms with Gasteiger partial charge in [-0.15, -0.1) is 0 Å². The summed E-state index contributed by atoms with van der Waals surface area (Å²) in [5, 5.41) is 3.19. The van der Waals surface area contributed by atoms with Crippen molar-refractivity contribution >= 4 is 21.7 Å². The smallest absolute Gasteiger partial charge is 0.249 e. The number of rotatable bonds is 5. The molecular weight excluding hydrogens is 310 g/mol. The number of aromatic nitrogens is 2. The fraction of sp³-hybridized carbons (Fsp3) is 0.231. The molecule has 0 fully saturated rings. The molecule has 0 bridgehead atoms. The van der Waals surface area contributed by atoms with Crippen LogP contribution in [0.3, 0.4) is 0 Å². The van der Waals surface area contributed by atoms with Crippen molar-refractivity contribution in [1.29, 1.82) is 0 Å². The molecule has 5 nitrogen and oxygen atoms in total. The van der Waals surface area contributed by atoms with E-state index in [4.69, 9.17) is 9.47 Å². The molecule has 1 aromatic carbocycles. The van der Waals surface area contributed by atoms with Gasteiger partial charge in [-0.1, -0.05) is 12.1 Å². The second-order valence-corrected chi connectivity index (χ2v) is 4.51. The fourth-order valence-electron chi connectivity index (χ4n) is 1.51. The standard InChI is InChI=1S/C13H14BrN3O2/c1-18-10-5-3-9(4-6-10)7-15-11-8-16-12(14)13(17-11)19-2/h3-6,8H,7H2,1-2H3,(H,15,17). The van der Waals surface area contributed by atoms with Crippen molar-refractivity contribution in [2.45, 2.75) is 6.54 Å². The van der Waals surface area contributed by atoms with Gasteiger partial charge in [-0.3, -0.25) is 0 Å². The molecule has 0 saturated heterocycles.